The summed E-state index contributed by atoms with van der Waals surface area (Å²) in [6.07, 6.45) is 0.134. The number of hydrogen-bond donors (Lipinski definition) is 1. The predicted molar refractivity (Wildman–Crippen MR) is 108 cm³/mol. The molecular weight excluding hydrogens is 386 g/mol. The summed E-state index contributed by atoms with van der Waals surface area (Å²) in [7, 11) is 0. The van der Waals surface area contributed by atoms with Gasteiger partial charge in [-0.15, -0.1) is 0 Å². The standard InChI is InChI=1S/C22H29N3O5/c1-12-14-7-13(10-26)8-15(14)16(9-23)24-18(12)19(27)17-11-29-22(5,6)25(17)20(28)30-21(2,3)4/h10,13,17,19,27H,7-8,11H2,1-6H3/t13?,17-,19?/m1/s1. The van der Waals surface area contributed by atoms with Gasteiger partial charge >= 0.3 is 6.09 Å². The molecule has 0 radical (unpaired) electrons. The summed E-state index contributed by atoms with van der Waals surface area (Å²) in [6, 6.07) is 1.36. The van der Waals surface area contributed by atoms with Crippen molar-refractivity contribution in [3.63, 3.8) is 0 Å². The molecule has 1 aliphatic heterocycles. The summed E-state index contributed by atoms with van der Waals surface area (Å²) >= 11 is 0. The Hall–Kier alpha value is -2.50. The van der Waals surface area contributed by atoms with Crippen LogP contribution in [0.1, 0.15) is 68.8 Å². The lowest BCUT2D eigenvalue weighted by Crippen LogP contribution is -2.51. The second-order valence-electron chi connectivity index (χ2n) is 9.46. The fourth-order valence-electron chi connectivity index (χ4n) is 4.28. The molecule has 1 saturated heterocycles. The molecule has 1 aromatic rings. The molecular formula is C22H29N3O5. The van der Waals surface area contributed by atoms with Gasteiger partial charge in [-0.2, -0.15) is 5.26 Å². The number of nitriles is 1. The van der Waals surface area contributed by atoms with Crippen molar-refractivity contribution in [3.05, 3.63) is 28.1 Å². The molecule has 2 unspecified atom stereocenters. The molecule has 0 aromatic carbocycles. The highest BCUT2D eigenvalue weighted by atomic mass is 16.6. The minimum absolute atomic E-state index is 0.102. The number of hydrogen-bond acceptors (Lipinski definition) is 7. The van der Waals surface area contributed by atoms with E-state index >= 15 is 0 Å². The molecule has 8 nitrogen and oxygen atoms in total. The fraction of sp³-hybridized carbons (Fsp3) is 0.636. The van der Waals surface area contributed by atoms with Crippen LogP contribution in [0.3, 0.4) is 0 Å². The Balaban J connectivity index is 2.00. The second-order valence-corrected chi connectivity index (χ2v) is 9.46. The predicted octanol–water partition coefficient (Wildman–Crippen LogP) is 2.58. The summed E-state index contributed by atoms with van der Waals surface area (Å²) < 4.78 is 11.3. The van der Waals surface area contributed by atoms with Crippen molar-refractivity contribution in [1.82, 2.24) is 9.88 Å². The van der Waals surface area contributed by atoms with Crippen molar-refractivity contribution in [2.24, 2.45) is 5.92 Å². The van der Waals surface area contributed by atoms with Gasteiger partial charge in [0.05, 0.1) is 18.3 Å². The third-order valence-electron chi connectivity index (χ3n) is 5.70. The van der Waals surface area contributed by atoms with E-state index in [1.807, 2.05) is 6.92 Å². The quantitative estimate of drug-likeness (QED) is 0.755. The van der Waals surface area contributed by atoms with Crippen LogP contribution in [0.4, 0.5) is 4.79 Å². The highest BCUT2D eigenvalue weighted by molar-refractivity contribution is 5.70. The first-order chi connectivity index (χ1) is 13.9. The van der Waals surface area contributed by atoms with Gasteiger partial charge in [-0.3, -0.25) is 4.90 Å². The lowest BCUT2D eigenvalue weighted by Gasteiger charge is -2.36. The van der Waals surface area contributed by atoms with Crippen molar-refractivity contribution < 1.29 is 24.2 Å². The largest absolute Gasteiger partial charge is 0.444 e. The minimum Gasteiger partial charge on any atom is -0.444 e. The highest BCUT2D eigenvalue weighted by Crippen LogP contribution is 2.39. The summed E-state index contributed by atoms with van der Waals surface area (Å²) in [4.78, 5) is 30.0. The first-order valence-corrected chi connectivity index (χ1v) is 10.1. The summed E-state index contributed by atoms with van der Waals surface area (Å²) in [6.45, 7) is 10.7. The molecule has 3 atom stereocenters. The number of aromatic nitrogens is 1. The van der Waals surface area contributed by atoms with Crippen LogP contribution in [0, 0.1) is 24.2 Å². The van der Waals surface area contributed by atoms with Gasteiger partial charge in [0.25, 0.3) is 0 Å². The average Bonchev–Trinajstić information content (AvgIpc) is 3.21. The van der Waals surface area contributed by atoms with Gasteiger partial charge < -0.3 is 19.4 Å². The van der Waals surface area contributed by atoms with E-state index in [4.69, 9.17) is 9.47 Å². The van der Waals surface area contributed by atoms with E-state index in [-0.39, 0.29) is 18.2 Å². The zero-order valence-corrected chi connectivity index (χ0v) is 18.4. The first-order valence-electron chi connectivity index (χ1n) is 10.1. The van der Waals surface area contributed by atoms with Crippen LogP contribution in [0.5, 0.6) is 0 Å². The van der Waals surface area contributed by atoms with Crippen LogP contribution in [-0.2, 0) is 27.1 Å². The van der Waals surface area contributed by atoms with E-state index in [1.165, 1.54) is 4.90 Å². The Labute approximate surface area is 176 Å². The van der Waals surface area contributed by atoms with E-state index in [1.54, 1.807) is 34.6 Å². The Kier molecular flexibility index (Phi) is 5.65. The summed E-state index contributed by atoms with van der Waals surface area (Å²) in [5.41, 5.74) is 1.27. The molecule has 1 amide bonds. The molecule has 1 aliphatic carbocycles. The number of ether oxygens (including phenoxy) is 2. The Bertz CT molecular complexity index is 913. The SMILES string of the molecule is Cc1c(C(O)[C@H]2COC(C)(C)N2C(=O)OC(C)(C)C)nc(C#N)c2c1CC(C=O)C2. The van der Waals surface area contributed by atoms with Crippen molar-refractivity contribution >= 4 is 12.4 Å². The van der Waals surface area contributed by atoms with E-state index in [0.29, 0.717) is 18.5 Å². The van der Waals surface area contributed by atoms with Gasteiger partial charge in [0, 0.05) is 5.92 Å². The lowest BCUT2D eigenvalue weighted by molar-refractivity contribution is -0.110. The van der Waals surface area contributed by atoms with E-state index in [0.717, 1.165) is 23.0 Å². The molecule has 3 rings (SSSR count). The van der Waals surface area contributed by atoms with Gasteiger partial charge in [-0.1, -0.05) is 0 Å². The van der Waals surface area contributed by atoms with Gasteiger partial charge in [-0.25, -0.2) is 9.78 Å². The van der Waals surface area contributed by atoms with E-state index < -0.39 is 29.6 Å². The molecule has 8 heteroatoms. The van der Waals surface area contributed by atoms with Gasteiger partial charge in [-0.05, 0) is 71.1 Å². The van der Waals surface area contributed by atoms with E-state index in [9.17, 15) is 20.0 Å². The summed E-state index contributed by atoms with van der Waals surface area (Å²) in [5.74, 6) is -0.188. The molecule has 0 saturated carbocycles. The average molecular weight is 415 g/mol. The number of pyridine rings is 1. The fourth-order valence-corrected chi connectivity index (χ4v) is 4.28. The number of rotatable bonds is 3. The maximum absolute atomic E-state index is 12.9. The highest BCUT2D eigenvalue weighted by Gasteiger charge is 2.49. The van der Waals surface area contributed by atoms with Crippen LogP contribution in [0.2, 0.25) is 0 Å². The number of aliphatic hydroxyl groups is 1. The Morgan fingerprint density at radius 2 is 2.03 bits per heavy atom. The number of carbonyl (C=O) groups is 2. The van der Waals surface area contributed by atoms with Crippen molar-refractivity contribution in [2.45, 2.75) is 77.9 Å². The van der Waals surface area contributed by atoms with Crippen LogP contribution >= 0.6 is 0 Å². The zero-order chi connectivity index (χ0) is 22.4. The molecule has 2 heterocycles. The molecule has 0 bridgehead atoms. The van der Waals surface area contributed by atoms with Crippen molar-refractivity contribution in [2.75, 3.05) is 6.61 Å². The van der Waals surface area contributed by atoms with Gasteiger partial charge in [0.1, 0.15) is 35.5 Å². The van der Waals surface area contributed by atoms with Crippen LogP contribution in [0.25, 0.3) is 0 Å². The van der Waals surface area contributed by atoms with Crippen molar-refractivity contribution in [1.29, 1.82) is 5.26 Å². The number of carbonyl (C=O) groups excluding carboxylic acids is 2. The maximum Gasteiger partial charge on any atom is 0.413 e. The molecule has 1 aromatic heterocycles. The smallest absolute Gasteiger partial charge is 0.413 e. The zero-order valence-electron chi connectivity index (χ0n) is 18.4. The number of aldehydes is 1. The minimum atomic E-state index is -1.17. The van der Waals surface area contributed by atoms with Crippen molar-refractivity contribution in [3.8, 4) is 6.07 Å². The monoisotopic (exact) mass is 415 g/mol. The molecule has 30 heavy (non-hydrogen) atoms. The maximum atomic E-state index is 12.9. The topological polar surface area (TPSA) is 113 Å². The Morgan fingerprint density at radius 1 is 1.40 bits per heavy atom. The molecule has 162 valence electrons. The van der Waals surface area contributed by atoms with Crippen LogP contribution in [-0.4, -0.2) is 51.3 Å². The molecule has 1 N–H and O–H groups in total. The number of nitrogens with zero attached hydrogens (tertiary/aromatic N) is 3. The number of amides is 1. The second kappa shape index (κ2) is 7.64. The number of fused-ring (bicyclic) bond motifs is 1. The normalized spacial score (nSPS) is 23.6. The third kappa shape index (κ3) is 3.92. The Morgan fingerprint density at radius 3 is 2.60 bits per heavy atom. The molecule has 0 spiro atoms. The number of aliphatic hydroxyl groups excluding tert-OH is 1. The third-order valence-corrected chi connectivity index (χ3v) is 5.70. The van der Waals surface area contributed by atoms with Crippen LogP contribution < -0.4 is 0 Å². The van der Waals surface area contributed by atoms with Crippen LogP contribution in [0.15, 0.2) is 0 Å². The van der Waals surface area contributed by atoms with Gasteiger partial charge in [0.2, 0.25) is 0 Å². The molecule has 1 fully saturated rings. The summed E-state index contributed by atoms with van der Waals surface area (Å²) in [5, 5.41) is 20.8. The molecule has 2 aliphatic rings. The van der Waals surface area contributed by atoms with Gasteiger partial charge in [0.15, 0.2) is 0 Å². The van der Waals surface area contributed by atoms with E-state index in [2.05, 4.69) is 11.1 Å². The first kappa shape index (κ1) is 22.2. The lowest BCUT2D eigenvalue weighted by atomic mass is 9.96.